The first-order chi connectivity index (χ1) is 17.6. The molecule has 0 bridgehead atoms. The average Bonchev–Trinajstić information content (AvgIpc) is 3.28. The molecule has 9 nitrogen and oxygen atoms in total. The molecule has 9 heteroatoms. The van der Waals surface area contributed by atoms with Crippen LogP contribution in [0.4, 0.5) is 11.6 Å². The maximum absolute atomic E-state index is 12.8. The van der Waals surface area contributed by atoms with Gasteiger partial charge in [0.2, 0.25) is 0 Å². The van der Waals surface area contributed by atoms with Gasteiger partial charge in [0.25, 0.3) is 5.91 Å². The summed E-state index contributed by atoms with van der Waals surface area (Å²) in [5.41, 5.74) is 8.97. The summed E-state index contributed by atoms with van der Waals surface area (Å²) < 4.78 is 1.98. The molecule has 0 atom stereocenters. The van der Waals surface area contributed by atoms with Crippen molar-refractivity contribution in [2.45, 2.75) is 51.9 Å². The number of anilines is 2. The Bertz CT molecular complexity index is 1500. The Balaban J connectivity index is 1.48. The number of carbonyl (C=O) groups is 2. The minimum Gasteiger partial charge on any atom is -0.481 e. The number of hydrogen-bond acceptors (Lipinski definition) is 6. The third-order valence-corrected chi connectivity index (χ3v) is 7.67. The third kappa shape index (κ3) is 4.41. The first-order valence-electron chi connectivity index (χ1n) is 12.3. The van der Waals surface area contributed by atoms with Crippen molar-refractivity contribution in [1.29, 1.82) is 0 Å². The summed E-state index contributed by atoms with van der Waals surface area (Å²) in [6.45, 7) is 5.89. The number of nitrogens with one attached hydrogen (secondary N) is 1. The van der Waals surface area contributed by atoms with Gasteiger partial charge in [-0.25, -0.2) is 15.0 Å². The minimum atomic E-state index is -0.751. The van der Waals surface area contributed by atoms with Crippen LogP contribution in [0, 0.1) is 12.3 Å². The molecule has 190 valence electrons. The van der Waals surface area contributed by atoms with Crippen LogP contribution < -0.4 is 11.1 Å². The summed E-state index contributed by atoms with van der Waals surface area (Å²) in [6, 6.07) is 10.9. The van der Waals surface area contributed by atoms with Crippen LogP contribution in [0.3, 0.4) is 0 Å². The van der Waals surface area contributed by atoms with Gasteiger partial charge in [-0.3, -0.25) is 14.0 Å². The number of aryl methyl sites for hydroxylation is 1. The summed E-state index contributed by atoms with van der Waals surface area (Å²) in [5, 5.41) is 12.5. The fourth-order valence-corrected chi connectivity index (χ4v) is 5.05. The van der Waals surface area contributed by atoms with Gasteiger partial charge in [-0.1, -0.05) is 19.1 Å². The highest BCUT2D eigenvalue weighted by Gasteiger charge is 2.45. The second kappa shape index (κ2) is 8.99. The predicted molar refractivity (Wildman–Crippen MR) is 141 cm³/mol. The third-order valence-electron chi connectivity index (χ3n) is 7.67. The number of aromatic nitrogens is 4. The summed E-state index contributed by atoms with van der Waals surface area (Å²) >= 11 is 0. The molecule has 5 rings (SSSR count). The van der Waals surface area contributed by atoms with Crippen LogP contribution in [-0.2, 0) is 10.2 Å². The van der Waals surface area contributed by atoms with Gasteiger partial charge >= 0.3 is 5.97 Å². The molecule has 4 N–H and O–H groups in total. The number of hydrogen-bond donors (Lipinski definition) is 3. The molecule has 0 saturated heterocycles. The maximum Gasteiger partial charge on any atom is 0.309 e. The van der Waals surface area contributed by atoms with E-state index in [2.05, 4.69) is 22.2 Å². The number of imidazole rings is 1. The zero-order chi connectivity index (χ0) is 26.4. The van der Waals surface area contributed by atoms with E-state index in [1.165, 1.54) is 0 Å². The normalized spacial score (nSPS) is 21.6. The number of carboxylic acids is 1. The molecule has 0 spiro atoms. The molecule has 37 heavy (non-hydrogen) atoms. The van der Waals surface area contributed by atoms with Gasteiger partial charge in [0.05, 0.1) is 5.41 Å². The molecule has 1 aromatic carbocycles. The van der Waals surface area contributed by atoms with E-state index in [4.69, 9.17) is 10.7 Å². The van der Waals surface area contributed by atoms with Crippen molar-refractivity contribution in [2.24, 2.45) is 5.41 Å². The Hall–Kier alpha value is -4.27. The Labute approximate surface area is 214 Å². The van der Waals surface area contributed by atoms with E-state index in [0.717, 1.165) is 17.0 Å². The fraction of sp³-hybridized carbons (Fsp3) is 0.321. The Kier molecular flexibility index (Phi) is 5.94. The number of fused-ring (bicyclic) bond motifs is 1. The van der Waals surface area contributed by atoms with Crippen LogP contribution in [0.5, 0.6) is 0 Å². The summed E-state index contributed by atoms with van der Waals surface area (Å²) in [5.74, 6) is 0.693. The molecule has 0 radical (unpaired) electrons. The molecule has 3 aromatic heterocycles. The lowest BCUT2D eigenvalue weighted by Crippen LogP contribution is -2.39. The molecular formula is C28H30N6O3. The molecule has 1 saturated carbocycles. The van der Waals surface area contributed by atoms with Crippen molar-refractivity contribution >= 4 is 29.0 Å². The summed E-state index contributed by atoms with van der Waals surface area (Å²) in [6.07, 6.45) is 7.70. The standard InChI is InChI=1S/C28H30N6O3/c1-17-8-13-30-20(16-17)32-24(35)19-6-4-18(5-7-19)21-22-23(29)31-14-15-34(22)25(33-21)27(2)9-11-28(3,12-10-27)26(36)37/h4-8,13-16H,9-12H2,1-3H3,(H2,29,31)(H,36,37)(H,30,32,35)/t27-,28-. The van der Waals surface area contributed by atoms with Crippen LogP contribution in [0.2, 0.25) is 0 Å². The van der Waals surface area contributed by atoms with Gasteiger partial charge in [-0.05, 0) is 69.4 Å². The van der Waals surface area contributed by atoms with E-state index in [9.17, 15) is 14.7 Å². The maximum atomic E-state index is 12.8. The van der Waals surface area contributed by atoms with Crippen molar-refractivity contribution in [3.63, 3.8) is 0 Å². The Morgan fingerprint density at radius 2 is 1.73 bits per heavy atom. The van der Waals surface area contributed by atoms with Gasteiger partial charge in [0.1, 0.15) is 28.7 Å². The molecule has 1 aliphatic rings. The van der Waals surface area contributed by atoms with Crippen LogP contribution in [-0.4, -0.2) is 36.3 Å². The molecular weight excluding hydrogens is 468 g/mol. The number of pyridine rings is 1. The number of benzene rings is 1. The number of nitrogen functional groups attached to an aromatic ring is 1. The van der Waals surface area contributed by atoms with E-state index in [-0.39, 0.29) is 11.3 Å². The lowest BCUT2D eigenvalue weighted by atomic mass is 9.65. The predicted octanol–water partition coefficient (Wildman–Crippen LogP) is 4.86. The number of carbonyl (C=O) groups excluding carboxylic acids is 1. The molecule has 3 heterocycles. The minimum absolute atomic E-state index is 0.252. The van der Waals surface area contributed by atoms with E-state index >= 15 is 0 Å². The van der Waals surface area contributed by atoms with Gasteiger partial charge < -0.3 is 16.2 Å². The lowest BCUT2D eigenvalue weighted by molar-refractivity contribution is -0.150. The summed E-state index contributed by atoms with van der Waals surface area (Å²) in [4.78, 5) is 38.1. The lowest BCUT2D eigenvalue weighted by Gasteiger charge is -2.40. The van der Waals surface area contributed by atoms with Gasteiger partial charge in [0.15, 0.2) is 0 Å². The second-order valence-corrected chi connectivity index (χ2v) is 10.5. The fourth-order valence-electron chi connectivity index (χ4n) is 5.05. The Morgan fingerprint density at radius 1 is 1.03 bits per heavy atom. The van der Waals surface area contributed by atoms with Gasteiger partial charge in [-0.15, -0.1) is 0 Å². The van der Waals surface area contributed by atoms with Gasteiger partial charge in [-0.2, -0.15) is 0 Å². The van der Waals surface area contributed by atoms with E-state index in [0.29, 0.717) is 54.1 Å². The van der Waals surface area contributed by atoms with Crippen LogP contribution in [0.1, 0.15) is 61.3 Å². The van der Waals surface area contributed by atoms with Crippen LogP contribution in [0.15, 0.2) is 55.0 Å². The van der Waals surface area contributed by atoms with Crippen molar-refractivity contribution < 1.29 is 14.7 Å². The molecule has 1 aliphatic carbocycles. The summed E-state index contributed by atoms with van der Waals surface area (Å²) in [7, 11) is 0. The number of carboxylic acid groups (broad SMARTS) is 1. The topological polar surface area (TPSA) is 136 Å². The molecule has 1 amide bonds. The quantitative estimate of drug-likeness (QED) is 0.358. The molecule has 0 aliphatic heterocycles. The zero-order valence-electron chi connectivity index (χ0n) is 21.2. The monoisotopic (exact) mass is 498 g/mol. The first-order valence-corrected chi connectivity index (χ1v) is 12.3. The van der Waals surface area contributed by atoms with E-state index in [1.807, 2.05) is 48.7 Å². The molecule has 1 fully saturated rings. The average molecular weight is 499 g/mol. The Morgan fingerprint density at radius 3 is 2.38 bits per heavy atom. The number of rotatable bonds is 5. The van der Waals surface area contributed by atoms with Crippen molar-refractivity contribution in [1.82, 2.24) is 19.4 Å². The first kappa shape index (κ1) is 24.4. The smallest absolute Gasteiger partial charge is 0.309 e. The van der Waals surface area contributed by atoms with Crippen LogP contribution >= 0.6 is 0 Å². The highest BCUT2D eigenvalue weighted by molar-refractivity contribution is 6.04. The van der Waals surface area contributed by atoms with Gasteiger partial charge in [0, 0.05) is 35.1 Å². The number of nitrogens with two attached hydrogens (primary N) is 1. The highest BCUT2D eigenvalue weighted by atomic mass is 16.4. The van der Waals surface area contributed by atoms with Crippen molar-refractivity contribution in [3.8, 4) is 11.3 Å². The number of amides is 1. The van der Waals surface area contributed by atoms with Crippen molar-refractivity contribution in [3.05, 3.63) is 71.9 Å². The largest absolute Gasteiger partial charge is 0.481 e. The van der Waals surface area contributed by atoms with Crippen LogP contribution in [0.25, 0.3) is 16.8 Å². The second-order valence-electron chi connectivity index (χ2n) is 10.5. The van der Waals surface area contributed by atoms with Crippen molar-refractivity contribution in [2.75, 3.05) is 11.1 Å². The highest BCUT2D eigenvalue weighted by Crippen LogP contribution is 2.47. The molecule has 0 unspecified atom stereocenters. The van der Waals surface area contributed by atoms with E-state index in [1.54, 1.807) is 24.5 Å². The SMILES string of the molecule is Cc1ccnc(NC(=O)c2ccc(-c3nc([C@]4(C)CC[C@@](C)(C(=O)O)CC4)n4ccnc(N)c34)cc2)c1. The molecule has 4 aromatic rings. The number of nitrogens with zero attached hydrogens (tertiary/aromatic N) is 4. The van der Waals surface area contributed by atoms with E-state index < -0.39 is 11.4 Å². The zero-order valence-corrected chi connectivity index (χ0v) is 21.2. The number of aliphatic carboxylic acids is 1.